The maximum atomic E-state index is 7.25. The van der Waals surface area contributed by atoms with Crippen molar-refractivity contribution >= 4 is 65.5 Å². The summed E-state index contributed by atoms with van der Waals surface area (Å²) in [5.74, 6) is 0. The summed E-state index contributed by atoms with van der Waals surface area (Å²) in [6.07, 6.45) is 0. The van der Waals surface area contributed by atoms with Crippen molar-refractivity contribution in [3.05, 3.63) is 182 Å². The molecule has 0 N–H and O–H groups in total. The van der Waals surface area contributed by atoms with Crippen molar-refractivity contribution in [2.75, 3.05) is 0 Å². The Kier molecular flexibility index (Phi) is 9.01. The zero-order valence-electron chi connectivity index (χ0n) is 22.6. The summed E-state index contributed by atoms with van der Waals surface area (Å²) in [6, 6.07) is 64.2. The minimum atomic E-state index is -2.42. The second kappa shape index (κ2) is 13.2. The first-order chi connectivity index (χ1) is 20.3. The molecule has 0 fully saturated rings. The first-order valence-corrected chi connectivity index (χ1v) is 19.5. The fourth-order valence-corrected chi connectivity index (χ4v) is 21.8. The van der Waals surface area contributed by atoms with Crippen LogP contribution in [0.3, 0.4) is 0 Å². The van der Waals surface area contributed by atoms with Gasteiger partial charge in [-0.2, -0.15) is 0 Å². The predicted molar refractivity (Wildman–Crippen MR) is 188 cm³/mol. The van der Waals surface area contributed by atoms with E-state index in [1.807, 2.05) is 0 Å². The number of hydrogen-bond acceptors (Lipinski definition) is 1. The standard InChI is InChI=1S/C37H31P3S/c41-40(35-27-15-5-16-28-35,36-29-17-6-18-30-36)37(38(31-19-7-1-8-20-31)32-21-9-2-10-22-32)39(33-23-11-3-12-24-33)34-25-13-4-14-26-34/h1-30,37H. The molecule has 6 aromatic rings. The van der Waals surface area contributed by atoms with Gasteiger partial charge >= 0.3 is 0 Å². The van der Waals surface area contributed by atoms with Crippen molar-refractivity contribution in [2.24, 2.45) is 0 Å². The van der Waals surface area contributed by atoms with Crippen molar-refractivity contribution in [1.29, 1.82) is 0 Å². The van der Waals surface area contributed by atoms with Crippen molar-refractivity contribution in [3.8, 4) is 0 Å². The molecule has 0 amide bonds. The Hall–Kier alpha value is -3.17. The van der Waals surface area contributed by atoms with Gasteiger partial charge in [0.25, 0.3) is 0 Å². The van der Waals surface area contributed by atoms with E-state index in [9.17, 15) is 0 Å². The smallest absolute Gasteiger partial charge is 0.0521 e. The highest BCUT2D eigenvalue weighted by molar-refractivity contribution is 8.29. The number of rotatable bonds is 9. The monoisotopic (exact) mass is 600 g/mol. The number of hydrogen-bond donors (Lipinski definition) is 0. The van der Waals surface area contributed by atoms with Crippen LogP contribution in [0.2, 0.25) is 0 Å². The van der Waals surface area contributed by atoms with E-state index in [-0.39, 0.29) is 5.14 Å². The third-order valence-electron chi connectivity index (χ3n) is 7.20. The Morgan fingerprint density at radius 2 is 0.561 bits per heavy atom. The van der Waals surface area contributed by atoms with E-state index in [0.29, 0.717) is 0 Å². The molecule has 4 heteroatoms. The first kappa shape index (κ1) is 28.0. The van der Waals surface area contributed by atoms with E-state index in [1.54, 1.807) is 0 Å². The first-order valence-electron chi connectivity index (χ1n) is 13.8. The maximum absolute atomic E-state index is 7.25. The van der Waals surface area contributed by atoms with Gasteiger partial charge in [-0.05, 0) is 47.7 Å². The van der Waals surface area contributed by atoms with Gasteiger partial charge in [0.1, 0.15) is 0 Å². The third-order valence-corrected chi connectivity index (χ3v) is 22.0. The zero-order chi connectivity index (χ0) is 27.9. The molecular formula is C37H31P3S. The summed E-state index contributed by atoms with van der Waals surface area (Å²) in [5.41, 5.74) is 0. The van der Waals surface area contributed by atoms with Gasteiger partial charge in [0, 0.05) is 6.04 Å². The second-order valence-electron chi connectivity index (χ2n) is 9.76. The van der Waals surface area contributed by atoms with Crippen molar-refractivity contribution in [2.45, 2.75) is 5.14 Å². The highest BCUT2D eigenvalue weighted by Crippen LogP contribution is 2.72. The van der Waals surface area contributed by atoms with Crippen LogP contribution in [-0.4, -0.2) is 5.14 Å². The van der Waals surface area contributed by atoms with Gasteiger partial charge in [0.15, 0.2) is 0 Å². The van der Waals surface area contributed by atoms with E-state index in [4.69, 9.17) is 11.8 Å². The Bertz CT molecular complexity index is 1490. The normalized spacial score (nSPS) is 11.7. The van der Waals surface area contributed by atoms with E-state index in [2.05, 4.69) is 182 Å². The van der Waals surface area contributed by atoms with Crippen LogP contribution in [0.5, 0.6) is 0 Å². The molecule has 0 unspecified atom stereocenters. The fraction of sp³-hybridized carbons (Fsp3) is 0.0270. The summed E-state index contributed by atoms with van der Waals surface area (Å²) >= 11 is 7.25. The van der Waals surface area contributed by atoms with E-state index in [0.717, 1.165) is 0 Å². The molecule has 0 radical (unpaired) electrons. The molecule has 200 valence electrons. The van der Waals surface area contributed by atoms with Crippen LogP contribution in [0.4, 0.5) is 0 Å². The van der Waals surface area contributed by atoms with Crippen LogP contribution in [0, 0.1) is 0 Å². The summed E-state index contributed by atoms with van der Waals surface area (Å²) < 4.78 is 0. The molecule has 0 saturated heterocycles. The lowest BCUT2D eigenvalue weighted by atomic mass is 10.4. The average molecular weight is 601 g/mol. The summed E-state index contributed by atoms with van der Waals surface area (Å²) in [4.78, 5) is 0. The topological polar surface area (TPSA) is 0 Å². The van der Waals surface area contributed by atoms with Crippen LogP contribution in [-0.2, 0) is 11.8 Å². The molecule has 0 bridgehead atoms. The molecule has 0 aliphatic rings. The molecular weight excluding hydrogens is 569 g/mol. The minimum absolute atomic E-state index is 0.182. The zero-order valence-corrected chi connectivity index (χ0v) is 26.1. The SMILES string of the molecule is S=P(c1ccccc1)(c1ccccc1)C(P(c1ccccc1)c1ccccc1)P(c1ccccc1)c1ccccc1. The van der Waals surface area contributed by atoms with Gasteiger partial charge in [-0.15, -0.1) is 0 Å². The van der Waals surface area contributed by atoms with E-state index in [1.165, 1.54) is 31.8 Å². The van der Waals surface area contributed by atoms with Crippen LogP contribution in [0.15, 0.2) is 182 Å². The molecule has 0 aromatic heterocycles. The molecule has 0 aliphatic carbocycles. The predicted octanol–water partition coefficient (Wildman–Crippen LogP) is 7.67. The van der Waals surface area contributed by atoms with Gasteiger partial charge in [0.05, 0.1) is 5.14 Å². The Labute approximate surface area is 251 Å². The third kappa shape index (κ3) is 5.93. The molecule has 0 spiro atoms. The van der Waals surface area contributed by atoms with Crippen LogP contribution in [0.25, 0.3) is 0 Å². The molecule has 0 aliphatic heterocycles. The lowest BCUT2D eigenvalue weighted by Gasteiger charge is -2.43. The molecule has 0 atom stereocenters. The summed E-state index contributed by atoms with van der Waals surface area (Å²) in [7, 11) is -1.72. The van der Waals surface area contributed by atoms with Crippen molar-refractivity contribution in [1.82, 2.24) is 0 Å². The second-order valence-corrected chi connectivity index (χ2v) is 20.2. The molecule has 41 heavy (non-hydrogen) atoms. The fourth-order valence-electron chi connectivity index (χ4n) is 5.34. The highest BCUT2D eigenvalue weighted by Gasteiger charge is 2.44. The Balaban J connectivity index is 1.75. The van der Waals surface area contributed by atoms with E-state index < -0.39 is 21.9 Å². The summed E-state index contributed by atoms with van der Waals surface area (Å²) in [6.45, 7) is 0. The van der Waals surface area contributed by atoms with Gasteiger partial charge in [-0.25, -0.2) is 0 Å². The van der Waals surface area contributed by atoms with Crippen LogP contribution in [0.1, 0.15) is 0 Å². The van der Waals surface area contributed by atoms with Gasteiger partial charge in [-0.1, -0.05) is 194 Å². The highest BCUT2D eigenvalue weighted by atomic mass is 32.4. The van der Waals surface area contributed by atoms with Gasteiger partial charge in [-0.3, -0.25) is 0 Å². The summed E-state index contributed by atoms with van der Waals surface area (Å²) in [5, 5.41) is 8.24. The number of benzene rings is 6. The van der Waals surface area contributed by atoms with Crippen molar-refractivity contribution < 1.29 is 0 Å². The van der Waals surface area contributed by atoms with Crippen LogP contribution < -0.4 is 31.8 Å². The lowest BCUT2D eigenvalue weighted by Crippen LogP contribution is -2.33. The maximum Gasteiger partial charge on any atom is 0.0521 e. The Morgan fingerprint density at radius 1 is 0.341 bits per heavy atom. The quantitative estimate of drug-likeness (QED) is 0.154. The van der Waals surface area contributed by atoms with E-state index >= 15 is 0 Å². The van der Waals surface area contributed by atoms with Crippen molar-refractivity contribution in [3.63, 3.8) is 0 Å². The van der Waals surface area contributed by atoms with Crippen LogP contribution >= 0.6 is 21.9 Å². The molecule has 0 heterocycles. The Morgan fingerprint density at radius 3 is 0.805 bits per heavy atom. The minimum Gasteiger partial charge on any atom is -0.0865 e. The molecule has 0 saturated carbocycles. The molecule has 6 rings (SSSR count). The molecule has 6 aromatic carbocycles. The van der Waals surface area contributed by atoms with Gasteiger partial charge in [0.2, 0.25) is 0 Å². The van der Waals surface area contributed by atoms with Gasteiger partial charge < -0.3 is 0 Å². The largest absolute Gasteiger partial charge is 0.0865 e. The lowest BCUT2D eigenvalue weighted by molar-refractivity contribution is 1.69. The molecule has 0 nitrogen and oxygen atoms in total. The average Bonchev–Trinajstić information content (AvgIpc) is 3.07.